The first-order valence-corrected chi connectivity index (χ1v) is 9.57. The third kappa shape index (κ3) is 3.52. The molecule has 0 radical (unpaired) electrons. The molecule has 1 aromatic rings. The molecule has 0 bridgehead atoms. The predicted octanol–water partition coefficient (Wildman–Crippen LogP) is -0.142. The number of nitrogens with one attached hydrogen (secondary N) is 1. The lowest BCUT2D eigenvalue weighted by Gasteiger charge is -2.30. The number of aliphatic imine (C=N–C) groups is 1. The number of nitrogens with two attached hydrogens (primary N) is 2. The Hall–Kier alpha value is -2.02. The van der Waals surface area contributed by atoms with Gasteiger partial charge in [0.05, 0.1) is 12.0 Å². The van der Waals surface area contributed by atoms with Gasteiger partial charge in [0, 0.05) is 0 Å². The largest absolute Gasteiger partial charge is 0.313 e. The molecule has 1 aromatic carbocycles. The maximum absolute atomic E-state index is 14.5. The van der Waals surface area contributed by atoms with Crippen molar-refractivity contribution in [3.8, 4) is 0 Å². The summed E-state index contributed by atoms with van der Waals surface area (Å²) >= 11 is 0. The number of hydrazine groups is 1. The summed E-state index contributed by atoms with van der Waals surface area (Å²) < 4.78 is 141. The van der Waals surface area contributed by atoms with Crippen LogP contribution < -0.4 is 15.7 Å². The van der Waals surface area contributed by atoms with Crippen LogP contribution in [0.2, 0.25) is 0 Å². The van der Waals surface area contributed by atoms with Gasteiger partial charge in [0.15, 0.2) is 23.3 Å². The van der Waals surface area contributed by atoms with Gasteiger partial charge in [-0.3, -0.25) is 0 Å². The first-order chi connectivity index (χ1) is 12.4. The van der Waals surface area contributed by atoms with E-state index in [-0.39, 0.29) is 10.8 Å². The van der Waals surface area contributed by atoms with Crippen LogP contribution in [0.1, 0.15) is 12.0 Å². The lowest BCUT2D eigenvalue weighted by Crippen LogP contribution is -2.58. The lowest BCUT2D eigenvalue weighted by atomic mass is 10.0. The van der Waals surface area contributed by atoms with Gasteiger partial charge in [-0.05, 0) is 0 Å². The van der Waals surface area contributed by atoms with Crippen molar-refractivity contribution < 1.29 is 47.6 Å². The molecule has 2 rings (SSSR count). The van der Waals surface area contributed by atoms with Crippen LogP contribution in [0.5, 0.6) is 0 Å². The van der Waals surface area contributed by atoms with E-state index < -0.39 is 72.2 Å². The summed E-state index contributed by atoms with van der Waals surface area (Å²) in [5.41, 5.74) is -1.28. The van der Waals surface area contributed by atoms with Crippen LogP contribution in [0.4, 0.5) is 30.7 Å². The molecule has 0 amide bonds. The molecule has 18 heteroatoms. The van der Waals surface area contributed by atoms with E-state index in [0.717, 1.165) is 0 Å². The van der Waals surface area contributed by atoms with Crippen molar-refractivity contribution in [2.75, 3.05) is 0 Å². The van der Waals surface area contributed by atoms with E-state index in [1.54, 1.807) is 0 Å². The first-order valence-electron chi connectivity index (χ1n) is 6.52. The average molecular weight is 459 g/mol. The highest BCUT2D eigenvalue weighted by Crippen LogP contribution is 2.43. The Morgan fingerprint density at radius 3 is 1.75 bits per heavy atom. The van der Waals surface area contributed by atoms with Gasteiger partial charge < -0.3 is 0 Å². The zero-order valence-corrected chi connectivity index (χ0v) is 14.6. The fourth-order valence-electron chi connectivity index (χ4n) is 2.14. The second-order valence-corrected chi connectivity index (χ2v) is 8.54. The third-order valence-corrected chi connectivity index (χ3v) is 5.45. The number of alkyl halides is 2. The Morgan fingerprint density at radius 1 is 0.964 bits per heavy atom. The van der Waals surface area contributed by atoms with Crippen LogP contribution in [0, 0.1) is 29.1 Å². The normalized spacial score (nSPS) is 20.8. The van der Waals surface area contributed by atoms with E-state index in [4.69, 9.17) is 5.14 Å². The van der Waals surface area contributed by atoms with Gasteiger partial charge in [0.2, 0.25) is 5.82 Å². The number of benzene rings is 1. The molecule has 158 valence electrons. The number of hydrogen-bond acceptors (Lipinski definition) is 6. The summed E-state index contributed by atoms with van der Waals surface area (Å²) in [5, 5.41) is 9.38. The molecule has 28 heavy (non-hydrogen) atoms. The van der Waals surface area contributed by atoms with Crippen molar-refractivity contribution in [1.29, 1.82) is 0 Å². The predicted molar refractivity (Wildman–Crippen MR) is 77.2 cm³/mol. The topological polar surface area (TPSA) is 148 Å². The van der Waals surface area contributed by atoms with E-state index >= 15 is 0 Å². The molecule has 9 nitrogen and oxygen atoms in total. The summed E-state index contributed by atoms with van der Waals surface area (Å²) in [6.45, 7) is 0. The Bertz CT molecular complexity index is 1050. The third-order valence-electron chi connectivity index (χ3n) is 3.44. The summed E-state index contributed by atoms with van der Waals surface area (Å²) in [6.07, 6.45) is -2.26. The molecule has 5 N–H and O–H groups in total. The van der Waals surface area contributed by atoms with Gasteiger partial charge in [0.1, 0.15) is 6.34 Å². The van der Waals surface area contributed by atoms with E-state index in [1.165, 1.54) is 5.43 Å². The van der Waals surface area contributed by atoms with Gasteiger partial charge in [-0.15, -0.1) is 0 Å². The number of nitrogens with zero attached hydrogens (tertiary/aromatic N) is 2. The Kier molecular flexibility index (Phi) is 5.18. The van der Waals surface area contributed by atoms with Gasteiger partial charge in [-0.1, -0.05) is 0 Å². The smallest absolute Gasteiger partial charge is 0.232 e. The second-order valence-electron chi connectivity index (χ2n) is 5.35. The average Bonchev–Trinajstić information content (AvgIpc) is 2.95. The second kappa shape index (κ2) is 6.51. The highest BCUT2D eigenvalue weighted by atomic mass is 32.2. The van der Waals surface area contributed by atoms with Crippen LogP contribution in [-0.2, 0) is 26.2 Å². The SMILES string of the molecule is NS(=O)(=O)N1C=NC(CC(F)(F)c2c(F)c(F)c(F)c(F)c2F)(S(N)(=O)=O)N1. The van der Waals surface area contributed by atoms with Crippen LogP contribution >= 0.6 is 0 Å². The molecular formula is C10H8F7N5O4S2. The molecule has 1 aliphatic heterocycles. The maximum atomic E-state index is 14.5. The van der Waals surface area contributed by atoms with Crippen LogP contribution in [0.3, 0.4) is 0 Å². The van der Waals surface area contributed by atoms with E-state index in [1.807, 2.05) is 0 Å². The molecular weight excluding hydrogens is 451 g/mol. The van der Waals surface area contributed by atoms with E-state index in [9.17, 15) is 47.6 Å². The molecule has 1 aliphatic rings. The van der Waals surface area contributed by atoms with Crippen molar-refractivity contribution >= 4 is 26.6 Å². The molecule has 0 spiro atoms. The summed E-state index contributed by atoms with van der Waals surface area (Å²) in [4.78, 5) is -0.519. The Labute approximate surface area is 152 Å². The Morgan fingerprint density at radius 2 is 1.39 bits per heavy atom. The number of rotatable bonds is 5. The zero-order chi connectivity index (χ0) is 21.9. The minimum atomic E-state index is -5.31. The zero-order valence-electron chi connectivity index (χ0n) is 12.9. The number of halogens is 7. The number of sulfonamides is 1. The fraction of sp³-hybridized carbons (Fsp3) is 0.300. The minimum absolute atomic E-state index is 0.106. The lowest BCUT2D eigenvalue weighted by molar-refractivity contribution is -0.0367. The van der Waals surface area contributed by atoms with Crippen molar-refractivity contribution in [2.45, 2.75) is 17.3 Å². The van der Waals surface area contributed by atoms with Crippen molar-refractivity contribution in [3.63, 3.8) is 0 Å². The fourth-order valence-corrected chi connectivity index (χ4v) is 3.46. The summed E-state index contributed by atoms with van der Waals surface area (Å²) in [6, 6.07) is 0. The maximum Gasteiger partial charge on any atom is 0.313 e. The number of hydrogen-bond donors (Lipinski definition) is 3. The van der Waals surface area contributed by atoms with Crippen molar-refractivity contribution in [1.82, 2.24) is 9.84 Å². The molecule has 1 atom stereocenters. The minimum Gasteiger partial charge on any atom is -0.232 e. The van der Waals surface area contributed by atoms with Gasteiger partial charge in [-0.2, -0.15) is 18.3 Å². The van der Waals surface area contributed by atoms with Crippen molar-refractivity contribution in [3.05, 3.63) is 34.6 Å². The quantitative estimate of drug-likeness (QED) is 0.319. The van der Waals surface area contributed by atoms with Crippen molar-refractivity contribution in [2.24, 2.45) is 15.3 Å². The van der Waals surface area contributed by atoms with Gasteiger partial charge in [0.25, 0.3) is 20.9 Å². The molecule has 0 aromatic heterocycles. The van der Waals surface area contributed by atoms with Crippen LogP contribution in [0.15, 0.2) is 4.99 Å². The van der Waals surface area contributed by atoms with Gasteiger partial charge >= 0.3 is 10.2 Å². The molecule has 0 fully saturated rings. The first kappa shape index (κ1) is 22.3. The molecule has 0 saturated carbocycles. The van der Waals surface area contributed by atoms with Gasteiger partial charge in [-0.25, -0.2) is 54.4 Å². The highest BCUT2D eigenvalue weighted by molar-refractivity contribution is 7.90. The van der Waals surface area contributed by atoms with E-state index in [2.05, 4.69) is 10.1 Å². The van der Waals surface area contributed by atoms with E-state index in [0.29, 0.717) is 0 Å². The molecule has 1 unspecified atom stereocenters. The Balaban J connectivity index is 2.63. The molecule has 1 heterocycles. The summed E-state index contributed by atoms with van der Waals surface area (Å²) in [5.74, 6) is -19.1. The monoisotopic (exact) mass is 459 g/mol. The summed E-state index contributed by atoms with van der Waals surface area (Å²) in [7, 11) is -10.1. The molecule has 0 aliphatic carbocycles. The molecule has 0 saturated heterocycles. The standard InChI is InChI=1S/C10H8F7N5O4S2/c11-4-3(5(12)7(14)8(15)6(4)13)9(16,17)1-10(27(18,23)24)20-2-22(21-10)28(19,25)26/h2,21H,1H2,(H2,18,23,24)(H2,19,25,26). The highest BCUT2D eigenvalue weighted by Gasteiger charge is 2.56. The van der Waals surface area contributed by atoms with Crippen LogP contribution in [0.25, 0.3) is 0 Å². The number of primary sulfonamides is 1. The van der Waals surface area contributed by atoms with Crippen LogP contribution in [-0.4, -0.2) is 32.6 Å².